The lowest BCUT2D eigenvalue weighted by Gasteiger charge is -2.36. The highest BCUT2D eigenvalue weighted by Gasteiger charge is 2.35. The molecule has 8 heteroatoms. The van der Waals surface area contributed by atoms with Crippen LogP contribution in [-0.4, -0.2) is 65.9 Å². The van der Waals surface area contributed by atoms with Crippen LogP contribution in [0.4, 0.5) is 5.82 Å². The lowest BCUT2D eigenvalue weighted by molar-refractivity contribution is -0.130. The molecule has 28 heavy (non-hydrogen) atoms. The summed E-state index contributed by atoms with van der Waals surface area (Å²) < 4.78 is 24.6. The van der Waals surface area contributed by atoms with Crippen LogP contribution in [0.25, 0.3) is 11.4 Å². The Morgan fingerprint density at radius 2 is 1.64 bits per heavy atom. The van der Waals surface area contributed by atoms with Crippen LogP contribution in [0.5, 0.6) is 0 Å². The van der Waals surface area contributed by atoms with E-state index in [9.17, 15) is 13.2 Å². The summed E-state index contributed by atoms with van der Waals surface area (Å²) in [5.41, 5.74) is 0.950. The van der Waals surface area contributed by atoms with Gasteiger partial charge in [-0.05, 0) is 26.8 Å². The van der Waals surface area contributed by atoms with Gasteiger partial charge in [0.1, 0.15) is 11.1 Å². The second-order valence-corrected chi connectivity index (χ2v) is 10.0. The van der Waals surface area contributed by atoms with Crippen LogP contribution < -0.4 is 4.90 Å². The molecule has 1 aliphatic heterocycles. The molecular weight excluding hydrogens is 376 g/mol. The zero-order valence-corrected chi connectivity index (χ0v) is 17.3. The first kappa shape index (κ1) is 20.3. The highest BCUT2D eigenvalue weighted by atomic mass is 32.2. The van der Waals surface area contributed by atoms with Gasteiger partial charge in [0, 0.05) is 37.9 Å². The molecule has 0 spiro atoms. The molecule has 2 heterocycles. The number of sulfone groups is 1. The summed E-state index contributed by atoms with van der Waals surface area (Å²) >= 11 is 0. The van der Waals surface area contributed by atoms with Gasteiger partial charge in [-0.1, -0.05) is 30.3 Å². The summed E-state index contributed by atoms with van der Waals surface area (Å²) in [6.07, 6.45) is 1.74. The number of amides is 1. The number of aromatic nitrogens is 2. The van der Waals surface area contributed by atoms with Gasteiger partial charge in [0.2, 0.25) is 5.91 Å². The molecule has 0 radical (unpaired) electrons. The van der Waals surface area contributed by atoms with E-state index in [0.717, 1.165) is 11.4 Å². The van der Waals surface area contributed by atoms with Crippen LogP contribution in [0.1, 0.15) is 20.8 Å². The Labute approximate surface area is 166 Å². The maximum Gasteiger partial charge on any atom is 0.240 e. The Bertz CT molecular complexity index is 923. The number of hydrogen-bond donors (Lipinski definition) is 0. The van der Waals surface area contributed by atoms with Gasteiger partial charge in [-0.15, -0.1) is 0 Å². The van der Waals surface area contributed by atoms with Crippen molar-refractivity contribution >= 4 is 21.6 Å². The lowest BCUT2D eigenvalue weighted by atomic mass is 10.2. The summed E-state index contributed by atoms with van der Waals surface area (Å²) in [6, 6.07) is 11.6. The predicted octanol–water partition coefficient (Wildman–Crippen LogP) is 2.00. The summed E-state index contributed by atoms with van der Waals surface area (Å²) in [5.74, 6) is 1.15. The maximum absolute atomic E-state index is 12.6. The summed E-state index contributed by atoms with van der Waals surface area (Å²) in [6.45, 7) is 6.85. The fourth-order valence-electron chi connectivity index (χ4n) is 3.21. The van der Waals surface area contributed by atoms with Crippen LogP contribution in [0.3, 0.4) is 0 Å². The van der Waals surface area contributed by atoms with Crippen molar-refractivity contribution in [3.05, 3.63) is 42.6 Å². The van der Waals surface area contributed by atoms with Crippen molar-refractivity contribution in [2.24, 2.45) is 0 Å². The van der Waals surface area contributed by atoms with E-state index in [-0.39, 0.29) is 5.91 Å². The fraction of sp³-hybridized carbons (Fsp3) is 0.450. The monoisotopic (exact) mass is 402 g/mol. The van der Waals surface area contributed by atoms with E-state index >= 15 is 0 Å². The summed E-state index contributed by atoms with van der Waals surface area (Å²) in [5, 5.41) is -1.58. The molecule has 2 aromatic rings. The van der Waals surface area contributed by atoms with Crippen molar-refractivity contribution in [2.75, 3.05) is 31.1 Å². The topological polar surface area (TPSA) is 83.5 Å². The van der Waals surface area contributed by atoms with Gasteiger partial charge in [-0.3, -0.25) is 4.79 Å². The Morgan fingerprint density at radius 3 is 2.25 bits per heavy atom. The van der Waals surface area contributed by atoms with Gasteiger partial charge in [0.05, 0.1) is 5.25 Å². The molecule has 0 N–H and O–H groups in total. The van der Waals surface area contributed by atoms with Gasteiger partial charge in [0.25, 0.3) is 0 Å². The zero-order chi connectivity index (χ0) is 20.3. The molecule has 7 nitrogen and oxygen atoms in total. The SMILES string of the molecule is CC(C)S(=O)(=O)C(C)C(=O)N1CCN(c2ccnc(-c3ccccc3)n2)CC1. The number of rotatable bonds is 5. The molecule has 3 rings (SSSR count). The van der Waals surface area contributed by atoms with Crippen molar-refractivity contribution in [1.82, 2.24) is 14.9 Å². The molecule has 1 aromatic carbocycles. The first-order valence-corrected chi connectivity index (χ1v) is 11.1. The third-order valence-corrected chi connectivity index (χ3v) is 7.59. The summed E-state index contributed by atoms with van der Waals surface area (Å²) in [4.78, 5) is 25.4. The van der Waals surface area contributed by atoms with Gasteiger partial charge in [-0.25, -0.2) is 18.4 Å². The van der Waals surface area contributed by atoms with Crippen molar-refractivity contribution in [3.8, 4) is 11.4 Å². The number of anilines is 1. The third kappa shape index (κ3) is 4.16. The average Bonchev–Trinajstić information content (AvgIpc) is 2.73. The molecule has 1 aromatic heterocycles. The average molecular weight is 403 g/mol. The standard InChI is InChI=1S/C20H26N4O3S/c1-15(2)28(26,27)16(3)20(25)24-13-11-23(12-14-24)18-9-10-21-19(22-18)17-7-5-4-6-8-17/h4-10,15-16H,11-14H2,1-3H3. The number of hydrogen-bond acceptors (Lipinski definition) is 6. The van der Waals surface area contributed by atoms with E-state index in [1.165, 1.54) is 6.92 Å². The van der Waals surface area contributed by atoms with E-state index in [4.69, 9.17) is 0 Å². The second kappa shape index (κ2) is 8.26. The van der Waals surface area contributed by atoms with Crippen LogP contribution in [0.2, 0.25) is 0 Å². The molecule has 150 valence electrons. The molecule has 0 bridgehead atoms. The zero-order valence-electron chi connectivity index (χ0n) is 16.4. The second-order valence-electron chi connectivity index (χ2n) is 7.20. The van der Waals surface area contributed by atoms with Gasteiger partial charge >= 0.3 is 0 Å². The largest absolute Gasteiger partial charge is 0.353 e. The number of piperazine rings is 1. The summed E-state index contributed by atoms with van der Waals surface area (Å²) in [7, 11) is -3.45. The third-order valence-electron chi connectivity index (χ3n) is 5.09. The van der Waals surface area contributed by atoms with E-state index in [1.807, 2.05) is 36.4 Å². The first-order valence-electron chi connectivity index (χ1n) is 9.45. The number of nitrogens with zero attached hydrogens (tertiary/aromatic N) is 4. The smallest absolute Gasteiger partial charge is 0.240 e. The van der Waals surface area contributed by atoms with Crippen molar-refractivity contribution in [2.45, 2.75) is 31.3 Å². The molecule has 1 atom stereocenters. The van der Waals surface area contributed by atoms with Crippen molar-refractivity contribution in [3.63, 3.8) is 0 Å². The van der Waals surface area contributed by atoms with Gasteiger partial charge in [-0.2, -0.15) is 0 Å². The molecule has 1 unspecified atom stereocenters. The Hall–Kier alpha value is -2.48. The number of carbonyl (C=O) groups excluding carboxylic acids is 1. The first-order chi connectivity index (χ1) is 13.3. The Morgan fingerprint density at radius 1 is 1.00 bits per heavy atom. The molecule has 0 aliphatic carbocycles. The normalized spacial score (nSPS) is 16.3. The molecule has 1 saturated heterocycles. The van der Waals surface area contributed by atoms with Gasteiger partial charge in [0.15, 0.2) is 15.7 Å². The van der Waals surface area contributed by atoms with E-state index < -0.39 is 20.3 Å². The quantitative estimate of drug-likeness (QED) is 0.761. The van der Waals surface area contributed by atoms with E-state index in [0.29, 0.717) is 32.0 Å². The minimum atomic E-state index is -3.45. The Balaban J connectivity index is 1.67. The van der Waals surface area contributed by atoms with Crippen molar-refractivity contribution < 1.29 is 13.2 Å². The van der Waals surface area contributed by atoms with Crippen LogP contribution in [-0.2, 0) is 14.6 Å². The molecule has 0 saturated carbocycles. The molecule has 1 fully saturated rings. The minimum Gasteiger partial charge on any atom is -0.353 e. The number of benzene rings is 1. The molecule has 1 aliphatic rings. The minimum absolute atomic E-state index is 0.319. The molecule has 1 amide bonds. The van der Waals surface area contributed by atoms with Crippen molar-refractivity contribution in [1.29, 1.82) is 0 Å². The Kier molecular flexibility index (Phi) is 5.98. The number of carbonyl (C=O) groups is 1. The van der Waals surface area contributed by atoms with Gasteiger partial charge < -0.3 is 9.80 Å². The van der Waals surface area contributed by atoms with Crippen LogP contribution >= 0.6 is 0 Å². The maximum atomic E-state index is 12.6. The predicted molar refractivity (Wildman–Crippen MR) is 110 cm³/mol. The highest BCUT2D eigenvalue weighted by Crippen LogP contribution is 2.20. The highest BCUT2D eigenvalue weighted by molar-refractivity contribution is 7.93. The lowest BCUT2D eigenvalue weighted by Crippen LogP contribution is -2.53. The fourth-order valence-corrected chi connectivity index (χ4v) is 4.46. The van der Waals surface area contributed by atoms with E-state index in [2.05, 4.69) is 14.9 Å². The van der Waals surface area contributed by atoms with Crippen LogP contribution in [0.15, 0.2) is 42.6 Å². The molecular formula is C20H26N4O3S. The van der Waals surface area contributed by atoms with E-state index in [1.54, 1.807) is 24.9 Å². The van der Waals surface area contributed by atoms with Crippen LogP contribution in [0, 0.1) is 0 Å².